The van der Waals surface area contributed by atoms with Gasteiger partial charge >= 0.3 is 0 Å². The molecule has 8 heteroatoms. The van der Waals surface area contributed by atoms with Crippen molar-refractivity contribution in [2.24, 2.45) is 0 Å². The molecule has 4 aromatic rings. The van der Waals surface area contributed by atoms with Gasteiger partial charge in [-0.2, -0.15) is 5.10 Å². The van der Waals surface area contributed by atoms with Crippen LogP contribution in [0.2, 0.25) is 0 Å². The second kappa shape index (κ2) is 11.3. The monoisotopic (exact) mass is 499 g/mol. The van der Waals surface area contributed by atoms with E-state index in [1.807, 2.05) is 76.9 Å². The van der Waals surface area contributed by atoms with Crippen LogP contribution >= 0.6 is 11.3 Å². The van der Waals surface area contributed by atoms with Gasteiger partial charge in [-0.1, -0.05) is 54.6 Å². The highest BCUT2D eigenvalue weighted by atomic mass is 32.1. The van der Waals surface area contributed by atoms with E-state index >= 15 is 0 Å². The number of thiophene rings is 1. The molecule has 0 atom stereocenters. The summed E-state index contributed by atoms with van der Waals surface area (Å²) in [7, 11) is 0. The molecule has 0 unspecified atom stereocenters. The van der Waals surface area contributed by atoms with Crippen LogP contribution in [0.25, 0.3) is 10.6 Å². The first kappa shape index (κ1) is 24.0. The maximum Gasteiger partial charge on any atom is 0.255 e. The largest absolute Gasteiger partial charge is 0.349 e. The predicted molar refractivity (Wildman–Crippen MR) is 143 cm³/mol. The van der Waals surface area contributed by atoms with Crippen LogP contribution in [0.3, 0.4) is 0 Å². The minimum absolute atomic E-state index is 0.0184. The molecule has 1 aliphatic heterocycles. The topological polar surface area (TPSA) is 79.3 Å². The second-order valence-electron chi connectivity index (χ2n) is 8.99. The van der Waals surface area contributed by atoms with Gasteiger partial charge in [0, 0.05) is 31.0 Å². The highest BCUT2D eigenvalue weighted by molar-refractivity contribution is 7.13. The van der Waals surface area contributed by atoms with Crippen molar-refractivity contribution in [3.63, 3.8) is 0 Å². The van der Waals surface area contributed by atoms with Crippen LogP contribution in [0.4, 0.5) is 5.69 Å². The number of anilines is 1. The Morgan fingerprint density at radius 3 is 2.36 bits per heavy atom. The average molecular weight is 500 g/mol. The number of piperidine rings is 1. The zero-order valence-corrected chi connectivity index (χ0v) is 20.8. The van der Waals surface area contributed by atoms with Gasteiger partial charge in [0.2, 0.25) is 5.91 Å². The van der Waals surface area contributed by atoms with Gasteiger partial charge in [0.15, 0.2) is 0 Å². The molecule has 3 heterocycles. The number of amides is 2. The second-order valence-corrected chi connectivity index (χ2v) is 9.94. The molecule has 0 aliphatic carbocycles. The molecule has 7 nitrogen and oxygen atoms in total. The molecule has 0 radical (unpaired) electrons. The zero-order valence-electron chi connectivity index (χ0n) is 20.0. The van der Waals surface area contributed by atoms with Crippen LogP contribution in [0.15, 0.2) is 84.4 Å². The Hall–Kier alpha value is -3.75. The van der Waals surface area contributed by atoms with Crippen LogP contribution in [-0.2, 0) is 11.3 Å². The summed E-state index contributed by atoms with van der Waals surface area (Å²) in [5.74, 6) is -0.118. The summed E-state index contributed by atoms with van der Waals surface area (Å²) >= 11 is 1.58. The smallest absolute Gasteiger partial charge is 0.255 e. The summed E-state index contributed by atoms with van der Waals surface area (Å²) in [5.41, 5.74) is 3.25. The van der Waals surface area contributed by atoms with E-state index in [-0.39, 0.29) is 17.9 Å². The predicted octanol–water partition coefficient (Wildman–Crippen LogP) is 4.49. The Bertz CT molecular complexity index is 1280. The molecule has 0 spiro atoms. The highest BCUT2D eigenvalue weighted by Crippen LogP contribution is 2.27. The fourth-order valence-corrected chi connectivity index (χ4v) is 5.18. The van der Waals surface area contributed by atoms with Crippen molar-refractivity contribution in [3.8, 4) is 10.6 Å². The van der Waals surface area contributed by atoms with E-state index in [9.17, 15) is 9.59 Å². The lowest BCUT2D eigenvalue weighted by atomic mass is 10.0. The van der Waals surface area contributed by atoms with Gasteiger partial charge < -0.3 is 10.6 Å². The molecule has 0 bridgehead atoms. The number of benzene rings is 2. The summed E-state index contributed by atoms with van der Waals surface area (Å²) in [6, 6.07) is 23.6. The maximum absolute atomic E-state index is 13.3. The van der Waals surface area contributed by atoms with Crippen molar-refractivity contribution in [2.75, 3.05) is 25.0 Å². The lowest BCUT2D eigenvalue weighted by Crippen LogP contribution is -2.46. The molecular formula is C28H29N5O2S. The molecular weight excluding hydrogens is 470 g/mol. The third-order valence-corrected chi connectivity index (χ3v) is 7.17. The number of hydrogen-bond acceptors (Lipinski definition) is 5. The van der Waals surface area contributed by atoms with Gasteiger partial charge in [0.05, 0.1) is 23.5 Å². The first-order valence-electron chi connectivity index (χ1n) is 12.2. The summed E-state index contributed by atoms with van der Waals surface area (Å²) in [6.07, 6.45) is 3.45. The Labute approximate surface area is 214 Å². The Morgan fingerprint density at radius 2 is 1.67 bits per heavy atom. The van der Waals surface area contributed by atoms with Crippen LogP contribution in [0.5, 0.6) is 0 Å². The standard InChI is InChI=1S/C28H29N5O2S/c34-26(29-22-10-5-2-6-11-22)20-32-15-13-23(14-16-32)30-28(35)24-19-33(18-21-8-3-1-4-9-21)31-27(24)25-12-7-17-36-25/h1-12,17,19,23H,13-16,18,20H2,(H,29,34)(H,30,35). The van der Waals surface area contributed by atoms with E-state index in [0.29, 0.717) is 24.3 Å². The molecule has 2 aromatic heterocycles. The van der Waals surface area contributed by atoms with Crippen LogP contribution in [0, 0.1) is 0 Å². The first-order valence-corrected chi connectivity index (χ1v) is 13.1. The normalized spacial score (nSPS) is 14.4. The molecule has 0 saturated carbocycles. The van der Waals surface area contributed by atoms with Crippen molar-refractivity contribution >= 4 is 28.8 Å². The Balaban J connectivity index is 1.19. The number of aromatic nitrogens is 2. The van der Waals surface area contributed by atoms with Crippen molar-refractivity contribution in [1.29, 1.82) is 0 Å². The van der Waals surface area contributed by atoms with Gasteiger partial charge in [-0.25, -0.2) is 0 Å². The van der Waals surface area contributed by atoms with Gasteiger partial charge in [-0.3, -0.25) is 19.2 Å². The van der Waals surface area contributed by atoms with Crippen molar-refractivity contribution < 1.29 is 9.59 Å². The Kier molecular flexibility index (Phi) is 7.54. The van der Waals surface area contributed by atoms with Crippen molar-refractivity contribution in [2.45, 2.75) is 25.4 Å². The van der Waals surface area contributed by atoms with E-state index in [1.54, 1.807) is 11.3 Å². The van der Waals surface area contributed by atoms with E-state index in [2.05, 4.69) is 27.7 Å². The summed E-state index contributed by atoms with van der Waals surface area (Å²) in [5, 5.41) is 12.9. The SMILES string of the molecule is O=C(CN1CCC(NC(=O)c2cn(Cc3ccccc3)nc2-c2cccs2)CC1)Nc1ccccc1. The Morgan fingerprint density at radius 1 is 0.944 bits per heavy atom. The summed E-state index contributed by atoms with van der Waals surface area (Å²) in [6.45, 7) is 2.48. The molecule has 1 saturated heterocycles. The van der Waals surface area contributed by atoms with Gasteiger partial charge in [-0.15, -0.1) is 11.3 Å². The number of likely N-dealkylation sites (tertiary alicyclic amines) is 1. The first-order chi connectivity index (χ1) is 17.6. The van der Waals surface area contributed by atoms with Crippen molar-refractivity contribution in [1.82, 2.24) is 20.0 Å². The lowest BCUT2D eigenvalue weighted by Gasteiger charge is -2.31. The number of rotatable bonds is 8. The third kappa shape index (κ3) is 6.08. The van der Waals surface area contributed by atoms with Crippen molar-refractivity contribution in [3.05, 3.63) is 95.5 Å². The number of carbonyl (C=O) groups is 2. The van der Waals surface area contributed by atoms with E-state index in [0.717, 1.165) is 42.1 Å². The fraction of sp³-hybridized carbons (Fsp3) is 0.250. The van der Waals surface area contributed by atoms with Gasteiger partial charge in [-0.05, 0) is 42.0 Å². The van der Waals surface area contributed by atoms with Crippen LogP contribution < -0.4 is 10.6 Å². The number of hydrogen-bond donors (Lipinski definition) is 2. The zero-order chi connectivity index (χ0) is 24.7. The van der Waals surface area contributed by atoms with Crippen LogP contribution in [0.1, 0.15) is 28.8 Å². The summed E-state index contributed by atoms with van der Waals surface area (Å²) < 4.78 is 1.84. The fourth-order valence-electron chi connectivity index (χ4n) is 4.46. The quantitative estimate of drug-likeness (QED) is 0.374. The average Bonchev–Trinajstić information content (AvgIpc) is 3.57. The molecule has 2 N–H and O–H groups in total. The van der Waals surface area contributed by atoms with E-state index < -0.39 is 0 Å². The molecule has 2 amide bonds. The number of nitrogens with zero attached hydrogens (tertiary/aromatic N) is 3. The summed E-state index contributed by atoms with van der Waals surface area (Å²) in [4.78, 5) is 28.8. The molecule has 5 rings (SSSR count). The number of nitrogens with one attached hydrogen (secondary N) is 2. The highest BCUT2D eigenvalue weighted by Gasteiger charge is 2.25. The van der Waals surface area contributed by atoms with Gasteiger partial charge in [0.25, 0.3) is 5.91 Å². The van der Waals surface area contributed by atoms with E-state index in [1.165, 1.54) is 0 Å². The maximum atomic E-state index is 13.3. The molecule has 36 heavy (non-hydrogen) atoms. The molecule has 184 valence electrons. The number of carbonyl (C=O) groups excluding carboxylic acids is 2. The minimum atomic E-state index is -0.0991. The molecule has 1 fully saturated rings. The van der Waals surface area contributed by atoms with E-state index in [4.69, 9.17) is 5.10 Å². The third-order valence-electron chi connectivity index (χ3n) is 6.30. The van der Waals surface area contributed by atoms with Gasteiger partial charge in [0.1, 0.15) is 5.69 Å². The number of para-hydroxylation sites is 1. The molecule has 2 aromatic carbocycles. The lowest BCUT2D eigenvalue weighted by molar-refractivity contribution is -0.117. The van der Waals surface area contributed by atoms with Crippen LogP contribution in [-0.4, -0.2) is 52.2 Å². The molecule has 1 aliphatic rings. The minimum Gasteiger partial charge on any atom is -0.349 e.